The minimum absolute atomic E-state index is 0.304. The van der Waals surface area contributed by atoms with Gasteiger partial charge in [0.2, 0.25) is 0 Å². The quantitative estimate of drug-likeness (QED) is 0.505. The Bertz CT molecular complexity index is 1150. The summed E-state index contributed by atoms with van der Waals surface area (Å²) in [5.41, 5.74) is 3.04. The van der Waals surface area contributed by atoms with Crippen molar-refractivity contribution in [2.75, 3.05) is 19.5 Å². The van der Waals surface area contributed by atoms with Crippen molar-refractivity contribution < 1.29 is 14.3 Å². The van der Waals surface area contributed by atoms with Crippen LogP contribution in [0.2, 0.25) is 5.02 Å². The molecule has 7 nitrogen and oxygen atoms in total. The minimum Gasteiger partial charge on any atom is -0.497 e. The molecule has 0 saturated carbocycles. The lowest BCUT2D eigenvalue weighted by molar-refractivity contribution is 0.102. The smallest absolute Gasteiger partial charge is 0.255 e. The number of methoxy groups -OCH3 is 2. The molecule has 0 radical (unpaired) electrons. The van der Waals surface area contributed by atoms with Gasteiger partial charge >= 0.3 is 0 Å². The Labute approximate surface area is 171 Å². The average molecular weight is 409 g/mol. The molecular formula is C21H17ClN4O3. The highest BCUT2D eigenvalue weighted by atomic mass is 35.5. The number of aromatic nitrogens is 3. The van der Waals surface area contributed by atoms with Gasteiger partial charge in [0.15, 0.2) is 5.65 Å². The van der Waals surface area contributed by atoms with Gasteiger partial charge in [-0.25, -0.2) is 9.97 Å². The van der Waals surface area contributed by atoms with Crippen LogP contribution in [0.1, 0.15) is 10.4 Å². The first-order chi connectivity index (χ1) is 14.1. The van der Waals surface area contributed by atoms with Crippen LogP contribution in [0.15, 0.2) is 54.7 Å². The highest BCUT2D eigenvalue weighted by Gasteiger charge is 2.14. The molecule has 0 aliphatic carbocycles. The van der Waals surface area contributed by atoms with Crippen molar-refractivity contribution in [1.29, 1.82) is 0 Å². The predicted octanol–water partition coefficient (Wildman–Crippen LogP) is 4.55. The summed E-state index contributed by atoms with van der Waals surface area (Å²) in [4.78, 5) is 24.6. The van der Waals surface area contributed by atoms with E-state index in [0.29, 0.717) is 44.8 Å². The summed E-state index contributed by atoms with van der Waals surface area (Å²) in [5, 5.41) is 3.37. The van der Waals surface area contributed by atoms with Gasteiger partial charge in [0.25, 0.3) is 5.91 Å². The summed E-state index contributed by atoms with van der Waals surface area (Å²) in [5.74, 6) is 1.33. The summed E-state index contributed by atoms with van der Waals surface area (Å²) < 4.78 is 10.4. The lowest BCUT2D eigenvalue weighted by atomic mass is 10.1. The number of hydrogen-bond donors (Lipinski definition) is 2. The third-order valence-corrected chi connectivity index (χ3v) is 4.68. The number of amides is 1. The summed E-state index contributed by atoms with van der Waals surface area (Å²) in [6.07, 6.45) is 1.67. The number of nitrogens with one attached hydrogen (secondary N) is 2. The normalized spacial score (nSPS) is 10.7. The molecule has 2 N–H and O–H groups in total. The van der Waals surface area contributed by atoms with Crippen LogP contribution in [-0.4, -0.2) is 35.1 Å². The summed E-state index contributed by atoms with van der Waals surface area (Å²) in [7, 11) is 3.06. The number of benzene rings is 2. The second kappa shape index (κ2) is 7.81. The highest BCUT2D eigenvalue weighted by Crippen LogP contribution is 2.30. The number of hydrogen-bond acceptors (Lipinski definition) is 5. The number of nitrogens with zero attached hydrogens (tertiary/aromatic N) is 2. The number of H-pyrrole nitrogens is 1. The van der Waals surface area contributed by atoms with Gasteiger partial charge in [-0.3, -0.25) is 4.79 Å². The van der Waals surface area contributed by atoms with Gasteiger partial charge in [0.05, 0.1) is 24.8 Å². The SMILES string of the molecule is COc1cc(OC)cc(C(=O)Nc2ccc(Cl)c(-c3nc4ncccc4[nH]3)c2)c1. The van der Waals surface area contributed by atoms with E-state index >= 15 is 0 Å². The summed E-state index contributed by atoms with van der Waals surface area (Å²) in [6, 6.07) is 13.9. The molecule has 0 unspecified atom stereocenters. The van der Waals surface area contributed by atoms with Crippen LogP contribution < -0.4 is 14.8 Å². The van der Waals surface area contributed by atoms with Crippen LogP contribution in [0.3, 0.4) is 0 Å². The molecule has 2 aromatic carbocycles. The molecule has 0 atom stereocenters. The Kier molecular flexibility index (Phi) is 5.05. The molecule has 2 heterocycles. The van der Waals surface area contributed by atoms with Gasteiger partial charge in [0.1, 0.15) is 17.3 Å². The highest BCUT2D eigenvalue weighted by molar-refractivity contribution is 6.33. The molecular weight excluding hydrogens is 392 g/mol. The molecule has 2 aromatic heterocycles. The second-order valence-electron chi connectivity index (χ2n) is 6.21. The molecule has 146 valence electrons. The van der Waals surface area contributed by atoms with Crippen LogP contribution in [0.25, 0.3) is 22.6 Å². The van der Waals surface area contributed by atoms with Crippen molar-refractivity contribution in [2.45, 2.75) is 0 Å². The molecule has 0 bridgehead atoms. The van der Waals surface area contributed by atoms with Crippen molar-refractivity contribution in [2.24, 2.45) is 0 Å². The number of aromatic amines is 1. The van der Waals surface area contributed by atoms with Gasteiger partial charge in [0, 0.05) is 29.1 Å². The minimum atomic E-state index is -0.304. The Morgan fingerprint density at radius 2 is 1.83 bits per heavy atom. The number of ether oxygens (including phenoxy) is 2. The monoisotopic (exact) mass is 408 g/mol. The fraction of sp³-hybridized carbons (Fsp3) is 0.0952. The molecule has 0 fully saturated rings. The standard InChI is InChI=1S/C21H17ClN4O3/c1-28-14-8-12(9-15(11-14)29-2)21(27)24-13-5-6-17(22)16(10-13)19-25-18-4-3-7-23-20(18)26-19/h3-11H,1-2H3,(H,24,27)(H,23,25,26). The molecule has 4 rings (SSSR count). The van der Waals surface area contributed by atoms with Gasteiger partial charge in [-0.15, -0.1) is 0 Å². The fourth-order valence-corrected chi connectivity index (χ4v) is 3.11. The molecule has 29 heavy (non-hydrogen) atoms. The van der Waals surface area contributed by atoms with Gasteiger partial charge in [-0.05, 0) is 42.5 Å². The second-order valence-corrected chi connectivity index (χ2v) is 6.62. The van der Waals surface area contributed by atoms with E-state index in [2.05, 4.69) is 20.3 Å². The maximum Gasteiger partial charge on any atom is 0.255 e. The first-order valence-electron chi connectivity index (χ1n) is 8.72. The lowest BCUT2D eigenvalue weighted by Gasteiger charge is -2.10. The maximum atomic E-state index is 12.7. The number of anilines is 1. The van der Waals surface area contributed by atoms with E-state index in [0.717, 1.165) is 5.52 Å². The van der Waals surface area contributed by atoms with Crippen molar-refractivity contribution >= 4 is 34.4 Å². The van der Waals surface area contributed by atoms with Gasteiger partial charge in [-0.2, -0.15) is 0 Å². The number of pyridine rings is 1. The predicted molar refractivity (Wildman–Crippen MR) is 112 cm³/mol. The Hall–Kier alpha value is -3.58. The first-order valence-corrected chi connectivity index (χ1v) is 9.10. The molecule has 0 saturated heterocycles. The Morgan fingerprint density at radius 1 is 1.07 bits per heavy atom. The van der Waals surface area contributed by atoms with Crippen molar-refractivity contribution in [3.63, 3.8) is 0 Å². The lowest BCUT2D eigenvalue weighted by Crippen LogP contribution is -2.12. The van der Waals surface area contributed by atoms with E-state index in [-0.39, 0.29) is 5.91 Å². The molecule has 1 amide bonds. The number of carbonyl (C=O) groups excluding carboxylic acids is 1. The Balaban J connectivity index is 1.65. The van der Waals surface area contributed by atoms with Crippen molar-refractivity contribution in [1.82, 2.24) is 15.0 Å². The van der Waals surface area contributed by atoms with Gasteiger partial charge in [-0.1, -0.05) is 11.6 Å². The zero-order valence-electron chi connectivity index (χ0n) is 15.7. The zero-order valence-corrected chi connectivity index (χ0v) is 16.4. The van der Waals surface area contributed by atoms with E-state index in [1.807, 2.05) is 12.1 Å². The molecule has 0 spiro atoms. The number of fused-ring (bicyclic) bond motifs is 1. The fourth-order valence-electron chi connectivity index (χ4n) is 2.90. The topological polar surface area (TPSA) is 89.1 Å². The maximum absolute atomic E-state index is 12.7. The van der Waals surface area contributed by atoms with Crippen LogP contribution in [-0.2, 0) is 0 Å². The average Bonchev–Trinajstić information content (AvgIpc) is 3.18. The van der Waals surface area contributed by atoms with Crippen molar-refractivity contribution in [3.05, 3.63) is 65.3 Å². The third-order valence-electron chi connectivity index (χ3n) is 4.35. The van der Waals surface area contributed by atoms with Crippen LogP contribution >= 0.6 is 11.6 Å². The molecule has 8 heteroatoms. The molecule has 0 aliphatic heterocycles. The van der Waals surface area contributed by atoms with Crippen molar-refractivity contribution in [3.8, 4) is 22.9 Å². The van der Waals surface area contributed by atoms with E-state index in [1.54, 1.807) is 42.6 Å². The van der Waals surface area contributed by atoms with E-state index in [1.165, 1.54) is 14.2 Å². The van der Waals surface area contributed by atoms with E-state index in [4.69, 9.17) is 21.1 Å². The van der Waals surface area contributed by atoms with Crippen LogP contribution in [0.4, 0.5) is 5.69 Å². The first kappa shape index (κ1) is 18.8. The molecule has 4 aromatic rings. The van der Waals surface area contributed by atoms with Gasteiger partial charge < -0.3 is 19.8 Å². The van der Waals surface area contributed by atoms with E-state index in [9.17, 15) is 4.79 Å². The largest absolute Gasteiger partial charge is 0.497 e. The summed E-state index contributed by atoms with van der Waals surface area (Å²) in [6.45, 7) is 0. The number of halogens is 1. The van der Waals surface area contributed by atoms with Crippen LogP contribution in [0, 0.1) is 0 Å². The van der Waals surface area contributed by atoms with E-state index < -0.39 is 0 Å². The number of imidazole rings is 1. The third kappa shape index (κ3) is 3.86. The summed E-state index contributed by atoms with van der Waals surface area (Å²) >= 11 is 6.36. The molecule has 0 aliphatic rings. The number of rotatable bonds is 5. The van der Waals surface area contributed by atoms with Crippen LogP contribution in [0.5, 0.6) is 11.5 Å². The zero-order chi connectivity index (χ0) is 20.4. The Morgan fingerprint density at radius 3 is 2.52 bits per heavy atom. The number of carbonyl (C=O) groups is 1.